The molecule has 5 rings (SSSR count). The van der Waals surface area contributed by atoms with Crippen LogP contribution in [0.25, 0.3) is 11.0 Å². The lowest BCUT2D eigenvalue weighted by molar-refractivity contribution is 0.242. The lowest BCUT2D eigenvalue weighted by Gasteiger charge is -2.37. The second-order valence-corrected chi connectivity index (χ2v) is 10.9. The highest BCUT2D eigenvalue weighted by atomic mass is 16.1. The molecule has 0 spiro atoms. The molecule has 0 radical (unpaired) electrons. The Bertz CT molecular complexity index is 1170. The molecule has 1 aromatic heterocycles. The molecule has 7 heteroatoms. The molecule has 2 aromatic carbocycles. The quantitative estimate of drug-likeness (QED) is 0.454. The minimum Gasteiger partial charge on any atom is -0.367 e. The Balaban J connectivity index is 1.41. The summed E-state index contributed by atoms with van der Waals surface area (Å²) in [6.07, 6.45) is 7.58. The predicted octanol–water partition coefficient (Wildman–Crippen LogP) is 4.73. The minimum atomic E-state index is 0.0177. The molecule has 2 N–H and O–H groups in total. The first-order valence-corrected chi connectivity index (χ1v) is 13.8. The molecule has 3 aromatic rings. The third-order valence-corrected chi connectivity index (χ3v) is 7.90. The Morgan fingerprint density at radius 2 is 1.75 bits per heavy atom. The smallest absolute Gasteiger partial charge is 0.326 e. The standard InChI is InChI=1S/C29H42N6O/c1-32(2)14-9-15-33-16-18-34(19-17-33)27-21-28-26(20-25(27)30-24-12-7-4-8-13-24)31-29(36)35(28)22-23-10-5-3-6-11-23/h4,7-8,12-13,20-21,23,30H,3,5-6,9-11,14-19,22H2,1-2H3,(H,31,36). The van der Waals surface area contributed by atoms with E-state index < -0.39 is 0 Å². The number of aromatic amines is 1. The molecule has 0 amide bonds. The summed E-state index contributed by atoms with van der Waals surface area (Å²) in [4.78, 5) is 23.5. The largest absolute Gasteiger partial charge is 0.367 e. The highest BCUT2D eigenvalue weighted by molar-refractivity contribution is 5.90. The van der Waals surface area contributed by atoms with Gasteiger partial charge in [-0.15, -0.1) is 0 Å². The summed E-state index contributed by atoms with van der Waals surface area (Å²) in [6.45, 7) is 7.23. The van der Waals surface area contributed by atoms with Crippen LogP contribution in [0.4, 0.5) is 17.1 Å². The molecule has 7 nitrogen and oxygen atoms in total. The third-order valence-electron chi connectivity index (χ3n) is 7.90. The van der Waals surface area contributed by atoms with Crippen LogP contribution in [0.3, 0.4) is 0 Å². The maximum Gasteiger partial charge on any atom is 0.326 e. The zero-order valence-electron chi connectivity index (χ0n) is 22.0. The number of nitrogens with one attached hydrogen (secondary N) is 2. The summed E-state index contributed by atoms with van der Waals surface area (Å²) in [5, 5.41) is 3.64. The van der Waals surface area contributed by atoms with Gasteiger partial charge in [-0.1, -0.05) is 37.5 Å². The van der Waals surface area contributed by atoms with Crippen molar-refractivity contribution in [2.45, 2.75) is 45.1 Å². The van der Waals surface area contributed by atoms with Crippen molar-refractivity contribution >= 4 is 28.1 Å². The molecular weight excluding hydrogens is 448 g/mol. The first-order valence-electron chi connectivity index (χ1n) is 13.8. The number of H-pyrrole nitrogens is 1. The normalized spacial score (nSPS) is 17.8. The lowest BCUT2D eigenvalue weighted by atomic mass is 9.89. The molecule has 2 heterocycles. The number of anilines is 3. The topological polar surface area (TPSA) is 59.5 Å². The van der Waals surface area contributed by atoms with Crippen LogP contribution in [-0.2, 0) is 6.54 Å². The zero-order valence-corrected chi connectivity index (χ0v) is 22.0. The van der Waals surface area contributed by atoms with Gasteiger partial charge < -0.3 is 20.1 Å². The van der Waals surface area contributed by atoms with E-state index in [0.29, 0.717) is 5.92 Å². The van der Waals surface area contributed by atoms with Gasteiger partial charge in [0.1, 0.15) is 0 Å². The Labute approximate surface area is 215 Å². The van der Waals surface area contributed by atoms with Crippen molar-refractivity contribution in [3.63, 3.8) is 0 Å². The number of benzene rings is 2. The molecule has 194 valence electrons. The molecule has 0 bridgehead atoms. The Hall–Kier alpha value is -2.77. The van der Waals surface area contributed by atoms with E-state index in [9.17, 15) is 4.79 Å². The van der Waals surface area contributed by atoms with Gasteiger partial charge in [-0.05, 0) is 76.6 Å². The van der Waals surface area contributed by atoms with Crippen LogP contribution in [-0.4, -0.2) is 72.7 Å². The van der Waals surface area contributed by atoms with Gasteiger partial charge in [0.15, 0.2) is 0 Å². The Morgan fingerprint density at radius 1 is 1.00 bits per heavy atom. The number of hydrogen-bond donors (Lipinski definition) is 2. The number of rotatable bonds is 9. The number of nitrogens with zero attached hydrogens (tertiary/aromatic N) is 4. The molecule has 1 saturated carbocycles. The van der Waals surface area contributed by atoms with E-state index in [1.165, 1.54) is 44.2 Å². The van der Waals surface area contributed by atoms with Crippen LogP contribution in [0.1, 0.15) is 38.5 Å². The van der Waals surface area contributed by atoms with Gasteiger partial charge in [-0.3, -0.25) is 9.47 Å². The van der Waals surface area contributed by atoms with Crippen molar-refractivity contribution in [1.29, 1.82) is 0 Å². The van der Waals surface area contributed by atoms with Crippen LogP contribution in [0.15, 0.2) is 47.3 Å². The molecule has 2 fully saturated rings. The van der Waals surface area contributed by atoms with Gasteiger partial charge in [0.05, 0.1) is 22.4 Å². The first-order chi connectivity index (χ1) is 17.6. The van der Waals surface area contributed by atoms with Crippen LogP contribution in [0.2, 0.25) is 0 Å². The van der Waals surface area contributed by atoms with Gasteiger partial charge in [-0.2, -0.15) is 0 Å². The highest BCUT2D eigenvalue weighted by Gasteiger charge is 2.22. The number of imidazole rings is 1. The Morgan fingerprint density at radius 3 is 2.47 bits per heavy atom. The molecule has 1 aliphatic carbocycles. The maximum absolute atomic E-state index is 13.0. The number of fused-ring (bicyclic) bond motifs is 1. The van der Waals surface area contributed by atoms with E-state index in [-0.39, 0.29) is 5.69 Å². The fourth-order valence-electron chi connectivity index (χ4n) is 5.86. The molecule has 0 atom stereocenters. The van der Waals surface area contributed by atoms with Crippen LogP contribution < -0.4 is 15.9 Å². The summed E-state index contributed by atoms with van der Waals surface area (Å²) < 4.78 is 2.00. The van der Waals surface area contributed by atoms with Crippen molar-refractivity contribution < 1.29 is 0 Å². The minimum absolute atomic E-state index is 0.0177. The van der Waals surface area contributed by atoms with E-state index in [1.807, 2.05) is 10.6 Å². The zero-order chi connectivity index (χ0) is 24.9. The number of aromatic nitrogens is 2. The summed E-state index contributed by atoms with van der Waals surface area (Å²) >= 11 is 0. The number of piperazine rings is 1. The molecular formula is C29H42N6O. The fraction of sp³-hybridized carbons (Fsp3) is 0.552. The predicted molar refractivity (Wildman–Crippen MR) is 151 cm³/mol. The maximum atomic E-state index is 13.0. The van der Waals surface area contributed by atoms with Crippen molar-refractivity contribution in [1.82, 2.24) is 19.4 Å². The lowest BCUT2D eigenvalue weighted by Crippen LogP contribution is -2.47. The average molecular weight is 491 g/mol. The molecule has 0 unspecified atom stereocenters. The van der Waals surface area contributed by atoms with Gasteiger partial charge in [0, 0.05) is 38.4 Å². The second kappa shape index (κ2) is 11.5. The molecule has 2 aliphatic rings. The van der Waals surface area contributed by atoms with E-state index >= 15 is 0 Å². The molecule has 36 heavy (non-hydrogen) atoms. The van der Waals surface area contributed by atoms with Crippen molar-refractivity contribution in [3.05, 3.63) is 52.9 Å². The van der Waals surface area contributed by atoms with Crippen molar-refractivity contribution in [2.24, 2.45) is 5.92 Å². The summed E-state index contributed by atoms with van der Waals surface area (Å²) in [6, 6.07) is 14.7. The Kier molecular flexibility index (Phi) is 7.97. The average Bonchev–Trinajstić information content (AvgIpc) is 3.19. The van der Waals surface area contributed by atoms with E-state index in [2.05, 4.69) is 75.5 Å². The van der Waals surface area contributed by atoms with Gasteiger partial charge in [0.2, 0.25) is 0 Å². The van der Waals surface area contributed by atoms with Crippen molar-refractivity contribution in [2.75, 3.05) is 63.6 Å². The molecule has 1 saturated heterocycles. The number of hydrogen-bond acceptors (Lipinski definition) is 5. The van der Waals surface area contributed by atoms with E-state index in [0.717, 1.165) is 68.2 Å². The highest BCUT2D eigenvalue weighted by Crippen LogP contribution is 2.34. The van der Waals surface area contributed by atoms with Crippen LogP contribution >= 0.6 is 0 Å². The summed E-state index contributed by atoms with van der Waals surface area (Å²) in [5.41, 5.74) is 5.28. The third kappa shape index (κ3) is 5.95. The fourth-order valence-corrected chi connectivity index (χ4v) is 5.86. The summed E-state index contributed by atoms with van der Waals surface area (Å²) in [5.74, 6) is 0.603. The SMILES string of the molecule is CN(C)CCCN1CCN(c2cc3c(cc2Nc2ccccc2)[nH]c(=O)n3CC2CCCCC2)CC1. The number of para-hydroxylation sites is 1. The van der Waals surface area contributed by atoms with E-state index in [1.54, 1.807) is 0 Å². The van der Waals surface area contributed by atoms with Crippen LogP contribution in [0, 0.1) is 5.92 Å². The van der Waals surface area contributed by atoms with Gasteiger partial charge in [-0.25, -0.2) is 4.79 Å². The first kappa shape index (κ1) is 24.9. The van der Waals surface area contributed by atoms with E-state index in [4.69, 9.17) is 0 Å². The second-order valence-electron chi connectivity index (χ2n) is 10.9. The van der Waals surface area contributed by atoms with Crippen LogP contribution in [0.5, 0.6) is 0 Å². The van der Waals surface area contributed by atoms with Gasteiger partial charge >= 0.3 is 5.69 Å². The molecule has 1 aliphatic heterocycles. The monoisotopic (exact) mass is 490 g/mol. The van der Waals surface area contributed by atoms with Crippen molar-refractivity contribution in [3.8, 4) is 0 Å². The van der Waals surface area contributed by atoms with Gasteiger partial charge in [0.25, 0.3) is 0 Å². The summed E-state index contributed by atoms with van der Waals surface area (Å²) in [7, 11) is 4.29.